The van der Waals surface area contributed by atoms with Crippen LogP contribution >= 0.6 is 0 Å². The van der Waals surface area contributed by atoms with Gasteiger partial charge in [0, 0.05) is 11.8 Å². The van der Waals surface area contributed by atoms with Crippen LogP contribution in [0.4, 0.5) is 0 Å². The van der Waals surface area contributed by atoms with Gasteiger partial charge in [-0.05, 0) is 42.2 Å². The van der Waals surface area contributed by atoms with Crippen molar-refractivity contribution in [2.24, 2.45) is 0 Å². The first-order chi connectivity index (χ1) is 8.68. The third-order valence-electron chi connectivity index (χ3n) is 3.31. The van der Waals surface area contributed by atoms with E-state index in [1.807, 2.05) is 42.0 Å². The predicted molar refractivity (Wildman–Crippen MR) is 74.1 cm³/mol. The van der Waals surface area contributed by atoms with Gasteiger partial charge in [-0.3, -0.25) is 4.79 Å². The summed E-state index contributed by atoms with van der Waals surface area (Å²) < 4.78 is 2.04. The van der Waals surface area contributed by atoms with Crippen LogP contribution in [0.3, 0.4) is 0 Å². The lowest BCUT2D eigenvalue weighted by atomic mass is 9.99. The maximum atomic E-state index is 11.8. The van der Waals surface area contributed by atoms with Crippen LogP contribution < -0.4 is 0 Å². The molecule has 0 bridgehead atoms. The third-order valence-corrected chi connectivity index (χ3v) is 3.31. The molecule has 3 rings (SSSR count). The molecule has 0 N–H and O–H groups in total. The lowest BCUT2D eigenvalue weighted by molar-refractivity contribution is -0.111. The quantitative estimate of drug-likeness (QED) is 0.740. The molecule has 2 nitrogen and oxygen atoms in total. The van der Waals surface area contributed by atoms with Crippen LogP contribution in [0.2, 0.25) is 0 Å². The molecule has 0 saturated carbocycles. The van der Waals surface area contributed by atoms with E-state index in [1.54, 1.807) is 12.2 Å². The number of nitrogens with zero attached hydrogens (tertiary/aromatic N) is 1. The Bertz CT molecular complexity index is 728. The molecule has 1 aromatic heterocycles. The van der Waals surface area contributed by atoms with E-state index >= 15 is 0 Å². The standard InChI is InChI=1S/C16H13NO/c1-11-7-8-15(18)12(2)16(11)17-10-9-13-5-3-4-6-14(13)17/h3-10H,1H2,2H3. The lowest BCUT2D eigenvalue weighted by Crippen LogP contribution is -2.09. The average Bonchev–Trinajstić information content (AvgIpc) is 2.79. The van der Waals surface area contributed by atoms with Crippen LogP contribution in [-0.2, 0) is 4.79 Å². The van der Waals surface area contributed by atoms with Crippen LogP contribution in [0.15, 0.2) is 66.4 Å². The third kappa shape index (κ3) is 1.46. The second-order valence-electron chi connectivity index (χ2n) is 4.44. The van der Waals surface area contributed by atoms with Crippen molar-refractivity contribution < 1.29 is 4.79 Å². The number of hydrogen-bond acceptors (Lipinski definition) is 1. The van der Waals surface area contributed by atoms with Gasteiger partial charge in [-0.15, -0.1) is 0 Å². The number of rotatable bonds is 1. The summed E-state index contributed by atoms with van der Waals surface area (Å²) in [5.74, 6) is 0.0511. The van der Waals surface area contributed by atoms with Crippen molar-refractivity contribution >= 4 is 22.4 Å². The normalized spacial score (nSPS) is 15.8. The number of aromatic nitrogens is 1. The summed E-state index contributed by atoms with van der Waals surface area (Å²) in [7, 11) is 0. The fraction of sp³-hybridized carbons (Fsp3) is 0.0625. The van der Waals surface area contributed by atoms with E-state index in [2.05, 4.69) is 12.6 Å². The van der Waals surface area contributed by atoms with Crippen LogP contribution in [0.25, 0.3) is 16.6 Å². The molecule has 1 aromatic carbocycles. The zero-order chi connectivity index (χ0) is 12.7. The summed E-state index contributed by atoms with van der Waals surface area (Å²) in [4.78, 5) is 11.8. The van der Waals surface area contributed by atoms with Gasteiger partial charge in [-0.25, -0.2) is 0 Å². The highest BCUT2D eigenvalue weighted by atomic mass is 16.1. The summed E-state index contributed by atoms with van der Waals surface area (Å²) >= 11 is 0. The Kier molecular flexibility index (Phi) is 2.30. The van der Waals surface area contributed by atoms with E-state index in [0.717, 1.165) is 27.7 Å². The first kappa shape index (κ1) is 10.8. The van der Waals surface area contributed by atoms with E-state index in [4.69, 9.17) is 0 Å². The highest BCUT2D eigenvalue weighted by Gasteiger charge is 2.17. The Labute approximate surface area is 106 Å². The Hall–Kier alpha value is -2.35. The van der Waals surface area contributed by atoms with Crippen molar-refractivity contribution in [2.75, 3.05) is 0 Å². The minimum atomic E-state index is 0.0511. The molecule has 1 aliphatic carbocycles. The molecule has 0 atom stereocenters. The van der Waals surface area contributed by atoms with Gasteiger partial charge in [0.15, 0.2) is 5.78 Å². The van der Waals surface area contributed by atoms with Crippen molar-refractivity contribution in [3.8, 4) is 0 Å². The van der Waals surface area contributed by atoms with Crippen LogP contribution in [-0.4, -0.2) is 10.4 Å². The minimum Gasteiger partial charge on any atom is -0.316 e. The number of para-hydroxylation sites is 1. The van der Waals surface area contributed by atoms with Gasteiger partial charge in [-0.1, -0.05) is 24.8 Å². The van der Waals surface area contributed by atoms with Crippen molar-refractivity contribution in [1.29, 1.82) is 0 Å². The van der Waals surface area contributed by atoms with Crippen molar-refractivity contribution in [3.05, 3.63) is 66.4 Å². The molecular formula is C16H13NO. The van der Waals surface area contributed by atoms with Gasteiger partial charge < -0.3 is 4.57 Å². The molecule has 88 valence electrons. The molecule has 0 radical (unpaired) electrons. The smallest absolute Gasteiger partial charge is 0.183 e. The highest BCUT2D eigenvalue weighted by Crippen LogP contribution is 2.29. The van der Waals surface area contributed by atoms with Gasteiger partial charge >= 0.3 is 0 Å². The Morgan fingerprint density at radius 1 is 1.11 bits per heavy atom. The molecule has 0 unspecified atom stereocenters. The molecule has 18 heavy (non-hydrogen) atoms. The maximum absolute atomic E-state index is 11.8. The SMILES string of the molecule is C=C1C=CC(=O)C(C)=C1n1ccc2ccccc21. The summed E-state index contributed by atoms with van der Waals surface area (Å²) in [6.45, 7) is 5.87. The van der Waals surface area contributed by atoms with E-state index < -0.39 is 0 Å². The van der Waals surface area contributed by atoms with Gasteiger partial charge in [0.25, 0.3) is 0 Å². The van der Waals surface area contributed by atoms with Gasteiger partial charge in [0.2, 0.25) is 0 Å². The Balaban J connectivity index is 2.29. The number of carbonyl (C=O) groups is 1. The van der Waals surface area contributed by atoms with Gasteiger partial charge in [0.05, 0.1) is 11.2 Å². The summed E-state index contributed by atoms with van der Waals surface area (Å²) in [5.41, 5.74) is 3.59. The molecular weight excluding hydrogens is 222 g/mol. The first-order valence-corrected chi connectivity index (χ1v) is 5.87. The summed E-state index contributed by atoms with van der Waals surface area (Å²) in [5, 5.41) is 1.16. The van der Waals surface area contributed by atoms with Crippen LogP contribution in [0.5, 0.6) is 0 Å². The topological polar surface area (TPSA) is 22.0 Å². The van der Waals surface area contributed by atoms with Crippen LogP contribution in [0, 0.1) is 0 Å². The van der Waals surface area contributed by atoms with E-state index in [1.165, 1.54) is 0 Å². The minimum absolute atomic E-state index is 0.0511. The molecule has 1 aliphatic rings. The van der Waals surface area contributed by atoms with Gasteiger partial charge in [0.1, 0.15) is 0 Å². The lowest BCUT2D eigenvalue weighted by Gasteiger charge is -2.17. The number of benzene rings is 1. The number of hydrogen-bond donors (Lipinski definition) is 0. The molecule has 0 aliphatic heterocycles. The highest BCUT2D eigenvalue weighted by molar-refractivity contribution is 6.12. The molecule has 0 spiro atoms. The zero-order valence-corrected chi connectivity index (χ0v) is 10.2. The number of fused-ring (bicyclic) bond motifs is 1. The monoisotopic (exact) mass is 235 g/mol. The van der Waals surface area contributed by atoms with E-state index in [0.29, 0.717) is 0 Å². The largest absolute Gasteiger partial charge is 0.316 e. The fourth-order valence-electron chi connectivity index (χ4n) is 2.35. The van der Waals surface area contributed by atoms with E-state index in [-0.39, 0.29) is 5.78 Å². The number of ketones is 1. The van der Waals surface area contributed by atoms with Crippen molar-refractivity contribution in [1.82, 2.24) is 4.57 Å². The number of allylic oxidation sites excluding steroid dienone is 5. The summed E-state index contributed by atoms with van der Waals surface area (Å²) in [6.07, 6.45) is 5.34. The second-order valence-corrected chi connectivity index (χ2v) is 4.44. The molecule has 0 saturated heterocycles. The molecule has 2 heteroatoms. The van der Waals surface area contributed by atoms with Crippen LogP contribution in [0.1, 0.15) is 6.92 Å². The molecule has 0 fully saturated rings. The van der Waals surface area contributed by atoms with E-state index in [9.17, 15) is 4.79 Å². The first-order valence-electron chi connectivity index (χ1n) is 5.87. The fourth-order valence-corrected chi connectivity index (χ4v) is 2.35. The van der Waals surface area contributed by atoms with Gasteiger partial charge in [-0.2, -0.15) is 0 Å². The van der Waals surface area contributed by atoms with Crippen molar-refractivity contribution in [2.45, 2.75) is 6.92 Å². The zero-order valence-electron chi connectivity index (χ0n) is 10.2. The summed E-state index contributed by atoms with van der Waals surface area (Å²) in [6, 6.07) is 10.2. The number of carbonyl (C=O) groups excluding carboxylic acids is 1. The van der Waals surface area contributed by atoms with Crippen molar-refractivity contribution in [3.63, 3.8) is 0 Å². The molecule has 1 heterocycles. The average molecular weight is 235 g/mol. The molecule has 0 amide bonds. The Morgan fingerprint density at radius 2 is 1.89 bits per heavy atom. The molecule has 2 aromatic rings. The predicted octanol–water partition coefficient (Wildman–Crippen LogP) is 3.57. The second kappa shape index (κ2) is 3.84. The Morgan fingerprint density at radius 3 is 2.72 bits per heavy atom. The maximum Gasteiger partial charge on any atom is 0.183 e.